The number of rotatable bonds is 4. The van der Waals surface area contributed by atoms with E-state index in [2.05, 4.69) is 30.7 Å². The summed E-state index contributed by atoms with van der Waals surface area (Å²) in [5.41, 5.74) is 3.21. The maximum atomic E-state index is 12.3. The standard InChI is InChI=1S/C17H17N7O/c25-17(22-10-14-6-15-11-19-4-5-24(15)23-14)13-8-20-16(21-9-13)12-2-1-3-18-7-12/h1-3,6-9,19H,4-5,10-11H2,(H,22,25). The summed E-state index contributed by atoms with van der Waals surface area (Å²) in [6.07, 6.45) is 6.42. The van der Waals surface area contributed by atoms with E-state index in [1.165, 1.54) is 12.4 Å². The maximum absolute atomic E-state index is 12.3. The van der Waals surface area contributed by atoms with E-state index in [1.807, 2.05) is 22.9 Å². The molecular formula is C17H17N7O. The van der Waals surface area contributed by atoms with Crippen LogP contribution in [0.2, 0.25) is 0 Å². The number of fused-ring (bicyclic) bond motifs is 1. The van der Waals surface area contributed by atoms with Crippen LogP contribution < -0.4 is 10.6 Å². The van der Waals surface area contributed by atoms with Gasteiger partial charge in [0, 0.05) is 43.4 Å². The minimum Gasteiger partial charge on any atom is -0.346 e. The molecule has 0 bridgehead atoms. The highest BCUT2D eigenvalue weighted by Gasteiger charge is 2.13. The normalized spacial score (nSPS) is 13.3. The van der Waals surface area contributed by atoms with Crippen molar-refractivity contribution in [2.75, 3.05) is 6.54 Å². The number of nitrogens with one attached hydrogen (secondary N) is 2. The lowest BCUT2D eigenvalue weighted by Gasteiger charge is -2.13. The van der Waals surface area contributed by atoms with Gasteiger partial charge in [0.25, 0.3) is 5.91 Å². The molecule has 0 saturated carbocycles. The number of hydrogen-bond donors (Lipinski definition) is 2. The number of amides is 1. The summed E-state index contributed by atoms with van der Waals surface area (Å²) in [5.74, 6) is 0.320. The number of pyridine rings is 1. The topological polar surface area (TPSA) is 97.6 Å². The number of aromatic nitrogens is 5. The Labute approximate surface area is 144 Å². The number of hydrogen-bond acceptors (Lipinski definition) is 6. The third kappa shape index (κ3) is 3.38. The monoisotopic (exact) mass is 335 g/mol. The van der Waals surface area contributed by atoms with Gasteiger partial charge in [0.1, 0.15) is 0 Å². The molecule has 0 aliphatic carbocycles. The lowest BCUT2D eigenvalue weighted by atomic mass is 10.2. The second-order valence-electron chi connectivity index (χ2n) is 5.75. The van der Waals surface area contributed by atoms with Crippen LogP contribution in [0.5, 0.6) is 0 Å². The van der Waals surface area contributed by atoms with E-state index in [0.717, 1.165) is 36.6 Å². The van der Waals surface area contributed by atoms with Gasteiger partial charge in [-0.05, 0) is 18.2 Å². The summed E-state index contributed by atoms with van der Waals surface area (Å²) in [7, 11) is 0. The summed E-state index contributed by atoms with van der Waals surface area (Å²) in [6.45, 7) is 2.96. The van der Waals surface area contributed by atoms with Crippen molar-refractivity contribution >= 4 is 5.91 Å². The second kappa shape index (κ2) is 6.78. The molecule has 1 aliphatic rings. The van der Waals surface area contributed by atoms with E-state index in [4.69, 9.17) is 0 Å². The van der Waals surface area contributed by atoms with Gasteiger partial charge in [0.2, 0.25) is 0 Å². The van der Waals surface area contributed by atoms with Gasteiger partial charge < -0.3 is 10.6 Å². The van der Waals surface area contributed by atoms with E-state index in [-0.39, 0.29) is 5.91 Å². The smallest absolute Gasteiger partial charge is 0.254 e. The molecular weight excluding hydrogens is 318 g/mol. The lowest BCUT2D eigenvalue weighted by Crippen LogP contribution is -2.28. The molecule has 8 nitrogen and oxygen atoms in total. The maximum Gasteiger partial charge on any atom is 0.254 e. The van der Waals surface area contributed by atoms with Crippen LogP contribution in [0, 0.1) is 0 Å². The molecule has 25 heavy (non-hydrogen) atoms. The first-order chi connectivity index (χ1) is 12.3. The molecule has 0 saturated heterocycles. The number of nitrogens with zero attached hydrogens (tertiary/aromatic N) is 5. The van der Waals surface area contributed by atoms with Gasteiger partial charge >= 0.3 is 0 Å². The fourth-order valence-corrected chi connectivity index (χ4v) is 2.70. The van der Waals surface area contributed by atoms with Gasteiger partial charge in [-0.2, -0.15) is 5.10 Å². The van der Waals surface area contributed by atoms with E-state index in [1.54, 1.807) is 12.4 Å². The minimum absolute atomic E-state index is 0.221. The van der Waals surface area contributed by atoms with Crippen LogP contribution in [0.15, 0.2) is 43.0 Å². The predicted octanol–water partition coefficient (Wildman–Crippen LogP) is 0.768. The molecule has 0 radical (unpaired) electrons. The van der Waals surface area contributed by atoms with Crippen molar-refractivity contribution in [3.63, 3.8) is 0 Å². The Morgan fingerprint density at radius 2 is 2.16 bits per heavy atom. The Kier molecular flexibility index (Phi) is 4.17. The van der Waals surface area contributed by atoms with Crippen molar-refractivity contribution in [2.45, 2.75) is 19.6 Å². The SMILES string of the molecule is O=C(NCc1cc2n(n1)CCNC2)c1cnc(-c2cccnc2)nc1. The molecule has 0 spiro atoms. The third-order valence-corrected chi connectivity index (χ3v) is 3.98. The van der Waals surface area contributed by atoms with Gasteiger partial charge in [-0.1, -0.05) is 0 Å². The molecule has 0 atom stereocenters. The highest BCUT2D eigenvalue weighted by Crippen LogP contribution is 2.12. The van der Waals surface area contributed by atoms with Crippen LogP contribution in [-0.4, -0.2) is 37.2 Å². The van der Waals surface area contributed by atoms with Crippen molar-refractivity contribution < 1.29 is 4.79 Å². The van der Waals surface area contributed by atoms with Crippen LogP contribution in [0.3, 0.4) is 0 Å². The summed E-state index contributed by atoms with van der Waals surface area (Å²) in [4.78, 5) is 24.8. The zero-order valence-corrected chi connectivity index (χ0v) is 13.5. The average Bonchev–Trinajstić information content (AvgIpc) is 3.10. The first kappa shape index (κ1) is 15.4. The van der Waals surface area contributed by atoms with Crippen molar-refractivity contribution in [3.05, 3.63) is 59.9 Å². The van der Waals surface area contributed by atoms with E-state index < -0.39 is 0 Å². The fraction of sp³-hybridized carbons (Fsp3) is 0.235. The van der Waals surface area contributed by atoms with Crippen molar-refractivity contribution in [1.82, 2.24) is 35.4 Å². The minimum atomic E-state index is -0.221. The average molecular weight is 335 g/mol. The molecule has 3 aromatic heterocycles. The molecule has 4 rings (SSSR count). The summed E-state index contributed by atoms with van der Waals surface area (Å²) < 4.78 is 1.98. The van der Waals surface area contributed by atoms with Crippen LogP contribution >= 0.6 is 0 Å². The largest absolute Gasteiger partial charge is 0.346 e. The van der Waals surface area contributed by atoms with E-state index in [9.17, 15) is 4.79 Å². The van der Waals surface area contributed by atoms with Crippen LogP contribution in [-0.2, 0) is 19.6 Å². The molecule has 1 amide bonds. The number of carbonyl (C=O) groups is 1. The predicted molar refractivity (Wildman–Crippen MR) is 90.4 cm³/mol. The number of carbonyl (C=O) groups excluding carboxylic acids is 1. The molecule has 1 aliphatic heterocycles. The Morgan fingerprint density at radius 3 is 2.92 bits per heavy atom. The molecule has 4 heterocycles. The summed E-state index contributed by atoms with van der Waals surface area (Å²) in [6, 6.07) is 5.70. The second-order valence-corrected chi connectivity index (χ2v) is 5.75. The van der Waals surface area contributed by atoms with Crippen molar-refractivity contribution in [2.24, 2.45) is 0 Å². The highest BCUT2D eigenvalue weighted by molar-refractivity contribution is 5.93. The van der Waals surface area contributed by atoms with Crippen LogP contribution in [0.4, 0.5) is 0 Å². The summed E-state index contributed by atoms with van der Waals surface area (Å²) >= 11 is 0. The van der Waals surface area contributed by atoms with Crippen LogP contribution in [0.25, 0.3) is 11.4 Å². The first-order valence-electron chi connectivity index (χ1n) is 8.06. The molecule has 0 aromatic carbocycles. The van der Waals surface area contributed by atoms with Crippen molar-refractivity contribution in [1.29, 1.82) is 0 Å². The first-order valence-corrected chi connectivity index (χ1v) is 8.06. The van der Waals surface area contributed by atoms with Gasteiger partial charge in [-0.15, -0.1) is 0 Å². The van der Waals surface area contributed by atoms with Crippen molar-refractivity contribution in [3.8, 4) is 11.4 Å². The quantitative estimate of drug-likeness (QED) is 0.731. The van der Waals surface area contributed by atoms with E-state index in [0.29, 0.717) is 17.9 Å². The highest BCUT2D eigenvalue weighted by atomic mass is 16.1. The van der Waals surface area contributed by atoms with Gasteiger partial charge in [0.15, 0.2) is 5.82 Å². The Balaban J connectivity index is 1.40. The molecule has 8 heteroatoms. The van der Waals surface area contributed by atoms with E-state index >= 15 is 0 Å². The fourth-order valence-electron chi connectivity index (χ4n) is 2.70. The Morgan fingerprint density at radius 1 is 1.28 bits per heavy atom. The third-order valence-electron chi connectivity index (χ3n) is 3.98. The summed E-state index contributed by atoms with van der Waals surface area (Å²) in [5, 5.41) is 10.6. The molecule has 0 unspecified atom stereocenters. The Hall–Kier alpha value is -3.13. The zero-order valence-electron chi connectivity index (χ0n) is 13.5. The molecule has 126 valence electrons. The van der Waals surface area contributed by atoms with Crippen LogP contribution in [0.1, 0.15) is 21.7 Å². The van der Waals surface area contributed by atoms with Gasteiger partial charge in [-0.3, -0.25) is 14.5 Å². The van der Waals surface area contributed by atoms with Gasteiger partial charge in [-0.25, -0.2) is 9.97 Å². The molecule has 0 fully saturated rings. The van der Waals surface area contributed by atoms with Gasteiger partial charge in [0.05, 0.1) is 30.0 Å². The molecule has 2 N–H and O–H groups in total. The lowest BCUT2D eigenvalue weighted by molar-refractivity contribution is 0.0949. The molecule has 3 aromatic rings. The zero-order chi connectivity index (χ0) is 17.1. The Bertz CT molecular complexity index is 850.